The fourth-order valence-corrected chi connectivity index (χ4v) is 3.63. The monoisotopic (exact) mass is 324 g/mol. The smallest absolute Gasteiger partial charge is 0.310 e. The molecule has 0 spiro atoms. The van der Waals surface area contributed by atoms with E-state index >= 15 is 0 Å². The highest BCUT2D eigenvalue weighted by Gasteiger charge is 2.41. The molecule has 1 aliphatic rings. The summed E-state index contributed by atoms with van der Waals surface area (Å²) in [7, 11) is 0. The molecule has 1 aliphatic heterocycles. The van der Waals surface area contributed by atoms with E-state index in [0.717, 1.165) is 37.9 Å². The van der Waals surface area contributed by atoms with Gasteiger partial charge in [0.15, 0.2) is 0 Å². The van der Waals surface area contributed by atoms with Crippen molar-refractivity contribution in [3.8, 4) is 0 Å². The van der Waals surface area contributed by atoms with Crippen LogP contribution in [0.5, 0.6) is 0 Å². The molecule has 1 unspecified atom stereocenters. The molecule has 0 saturated carbocycles. The molecular formula is C20H24N2O2. The van der Waals surface area contributed by atoms with Gasteiger partial charge in [-0.15, -0.1) is 0 Å². The van der Waals surface area contributed by atoms with Crippen LogP contribution in [0.1, 0.15) is 30.4 Å². The summed E-state index contributed by atoms with van der Waals surface area (Å²) >= 11 is 0. The Balaban J connectivity index is 1.68. The summed E-state index contributed by atoms with van der Waals surface area (Å²) in [6.45, 7) is 2.34. The molecule has 1 aromatic heterocycles. The Morgan fingerprint density at radius 3 is 2.67 bits per heavy atom. The van der Waals surface area contributed by atoms with Crippen molar-refractivity contribution in [1.29, 1.82) is 0 Å². The topological polar surface area (TPSA) is 53.4 Å². The van der Waals surface area contributed by atoms with Gasteiger partial charge in [0.1, 0.15) is 0 Å². The lowest BCUT2D eigenvalue weighted by Gasteiger charge is -2.40. The van der Waals surface area contributed by atoms with Crippen molar-refractivity contribution in [1.82, 2.24) is 9.88 Å². The second kappa shape index (κ2) is 7.58. The lowest BCUT2D eigenvalue weighted by molar-refractivity contribution is -0.153. The quantitative estimate of drug-likeness (QED) is 0.885. The van der Waals surface area contributed by atoms with Crippen molar-refractivity contribution < 1.29 is 9.90 Å². The maximum atomic E-state index is 12.1. The number of likely N-dealkylation sites (tertiary alicyclic amines) is 1. The van der Waals surface area contributed by atoms with Crippen LogP contribution >= 0.6 is 0 Å². The maximum absolute atomic E-state index is 12.1. The molecule has 1 saturated heterocycles. The van der Waals surface area contributed by atoms with Crippen LogP contribution in [0.2, 0.25) is 0 Å². The van der Waals surface area contributed by atoms with E-state index in [1.165, 1.54) is 5.56 Å². The standard InChI is InChI=1S/C20H24N2O2/c23-19(24)20(11-9-17-6-2-1-3-7-17)10-5-13-22(16-20)15-18-8-4-12-21-14-18/h1-4,6-8,12,14H,5,9-11,13,15-16H2,(H,23,24). The van der Waals surface area contributed by atoms with Crippen molar-refractivity contribution in [2.75, 3.05) is 13.1 Å². The molecule has 2 heterocycles. The van der Waals surface area contributed by atoms with E-state index in [1.54, 1.807) is 6.20 Å². The second-order valence-corrected chi connectivity index (χ2v) is 6.75. The molecule has 4 heteroatoms. The Hall–Kier alpha value is -2.20. The van der Waals surface area contributed by atoms with Crippen molar-refractivity contribution in [3.05, 3.63) is 66.0 Å². The van der Waals surface area contributed by atoms with Crippen molar-refractivity contribution in [2.45, 2.75) is 32.2 Å². The van der Waals surface area contributed by atoms with Crippen LogP contribution in [-0.4, -0.2) is 34.0 Å². The number of nitrogens with zero attached hydrogens (tertiary/aromatic N) is 2. The fraction of sp³-hybridized carbons (Fsp3) is 0.400. The predicted octanol–water partition coefficient (Wildman–Crippen LogP) is 3.38. The third kappa shape index (κ3) is 4.01. The van der Waals surface area contributed by atoms with E-state index in [4.69, 9.17) is 0 Å². The van der Waals surface area contributed by atoms with Gasteiger partial charge in [0.2, 0.25) is 0 Å². The summed E-state index contributed by atoms with van der Waals surface area (Å²) in [4.78, 5) is 18.5. The molecule has 0 amide bonds. The summed E-state index contributed by atoms with van der Waals surface area (Å²) in [5, 5.41) is 9.91. The van der Waals surface area contributed by atoms with E-state index < -0.39 is 11.4 Å². The molecule has 0 bridgehead atoms. The van der Waals surface area contributed by atoms with Crippen molar-refractivity contribution in [3.63, 3.8) is 0 Å². The van der Waals surface area contributed by atoms with Gasteiger partial charge in [-0.3, -0.25) is 14.7 Å². The highest BCUT2D eigenvalue weighted by molar-refractivity contribution is 5.75. The number of rotatable bonds is 6. The van der Waals surface area contributed by atoms with Gasteiger partial charge in [-0.25, -0.2) is 0 Å². The van der Waals surface area contributed by atoms with Gasteiger partial charge < -0.3 is 5.11 Å². The minimum atomic E-state index is -0.658. The summed E-state index contributed by atoms with van der Waals surface area (Å²) < 4.78 is 0. The first-order chi connectivity index (χ1) is 11.7. The summed E-state index contributed by atoms with van der Waals surface area (Å²) in [6.07, 6.45) is 6.83. The Kier molecular flexibility index (Phi) is 5.26. The van der Waals surface area contributed by atoms with E-state index in [2.05, 4.69) is 22.0 Å². The van der Waals surface area contributed by atoms with Gasteiger partial charge in [0.05, 0.1) is 5.41 Å². The van der Waals surface area contributed by atoms with Crippen LogP contribution in [-0.2, 0) is 17.8 Å². The normalized spacial score (nSPS) is 21.5. The van der Waals surface area contributed by atoms with E-state index in [0.29, 0.717) is 13.0 Å². The fourth-order valence-electron chi connectivity index (χ4n) is 3.63. The number of hydrogen-bond donors (Lipinski definition) is 1. The molecular weight excluding hydrogens is 300 g/mol. The van der Waals surface area contributed by atoms with Crippen LogP contribution in [0, 0.1) is 5.41 Å². The maximum Gasteiger partial charge on any atom is 0.310 e. The lowest BCUT2D eigenvalue weighted by Crippen LogP contribution is -2.47. The third-order valence-corrected chi connectivity index (χ3v) is 4.97. The number of carbonyl (C=O) groups is 1. The molecule has 1 aromatic carbocycles. The number of aliphatic carboxylic acids is 1. The zero-order chi connectivity index (χ0) is 16.8. The summed E-state index contributed by atoms with van der Waals surface area (Å²) in [5.41, 5.74) is 1.71. The molecule has 0 radical (unpaired) electrons. The molecule has 126 valence electrons. The molecule has 1 atom stereocenters. The van der Waals surface area contributed by atoms with Gasteiger partial charge in [0.25, 0.3) is 0 Å². The number of pyridine rings is 1. The number of hydrogen-bond acceptors (Lipinski definition) is 3. The molecule has 1 fully saturated rings. The van der Waals surface area contributed by atoms with Crippen LogP contribution < -0.4 is 0 Å². The Morgan fingerprint density at radius 1 is 1.17 bits per heavy atom. The SMILES string of the molecule is O=C(O)C1(CCc2ccccc2)CCCN(Cc2cccnc2)C1. The van der Waals surface area contributed by atoms with Gasteiger partial charge in [0, 0.05) is 25.5 Å². The molecule has 3 rings (SSSR count). The first-order valence-electron chi connectivity index (χ1n) is 8.57. The first kappa shape index (κ1) is 16.7. The third-order valence-electron chi connectivity index (χ3n) is 4.97. The lowest BCUT2D eigenvalue weighted by atomic mass is 9.75. The van der Waals surface area contributed by atoms with Gasteiger partial charge >= 0.3 is 5.97 Å². The Labute approximate surface area is 143 Å². The van der Waals surface area contributed by atoms with Crippen molar-refractivity contribution >= 4 is 5.97 Å². The number of carboxylic acid groups (broad SMARTS) is 1. The highest BCUT2D eigenvalue weighted by atomic mass is 16.4. The van der Waals surface area contributed by atoms with Gasteiger partial charge in [-0.05, 0) is 49.4 Å². The molecule has 2 aromatic rings. The predicted molar refractivity (Wildman–Crippen MR) is 93.6 cm³/mol. The first-order valence-corrected chi connectivity index (χ1v) is 8.57. The largest absolute Gasteiger partial charge is 0.481 e. The number of aryl methyl sites for hydroxylation is 1. The Morgan fingerprint density at radius 2 is 1.96 bits per heavy atom. The van der Waals surface area contributed by atoms with Crippen LogP contribution in [0.3, 0.4) is 0 Å². The van der Waals surface area contributed by atoms with E-state index in [-0.39, 0.29) is 0 Å². The number of carboxylic acids is 1. The average molecular weight is 324 g/mol. The average Bonchev–Trinajstić information content (AvgIpc) is 2.62. The minimum Gasteiger partial charge on any atom is -0.481 e. The second-order valence-electron chi connectivity index (χ2n) is 6.75. The molecule has 4 nitrogen and oxygen atoms in total. The number of benzene rings is 1. The van der Waals surface area contributed by atoms with Crippen LogP contribution in [0.15, 0.2) is 54.9 Å². The van der Waals surface area contributed by atoms with E-state index in [1.807, 2.05) is 36.5 Å². The van der Waals surface area contributed by atoms with Crippen LogP contribution in [0.4, 0.5) is 0 Å². The molecule has 1 N–H and O–H groups in total. The van der Waals surface area contributed by atoms with Gasteiger partial charge in [-0.1, -0.05) is 36.4 Å². The number of aromatic nitrogens is 1. The van der Waals surface area contributed by atoms with E-state index in [9.17, 15) is 9.90 Å². The summed E-state index contributed by atoms with van der Waals surface area (Å²) in [5.74, 6) is -0.658. The zero-order valence-corrected chi connectivity index (χ0v) is 13.9. The molecule has 24 heavy (non-hydrogen) atoms. The minimum absolute atomic E-state index is 0.615. The summed E-state index contributed by atoms with van der Waals surface area (Å²) in [6, 6.07) is 14.1. The van der Waals surface area contributed by atoms with Crippen molar-refractivity contribution in [2.24, 2.45) is 5.41 Å². The number of piperidine rings is 1. The zero-order valence-electron chi connectivity index (χ0n) is 13.9. The van der Waals surface area contributed by atoms with Gasteiger partial charge in [-0.2, -0.15) is 0 Å². The Bertz CT molecular complexity index is 660. The molecule has 0 aliphatic carbocycles. The van der Waals surface area contributed by atoms with Crippen LogP contribution in [0.25, 0.3) is 0 Å². The highest BCUT2D eigenvalue weighted by Crippen LogP contribution is 2.35.